The van der Waals surface area contributed by atoms with Gasteiger partial charge in [0.05, 0.1) is 27.0 Å². The van der Waals surface area contributed by atoms with E-state index in [1.54, 1.807) is 12.1 Å². The number of halogens is 2. The molecule has 4 aliphatic rings. The first kappa shape index (κ1) is 15.8. The molecule has 0 aromatic heterocycles. The summed E-state index contributed by atoms with van der Waals surface area (Å²) >= 11 is 6.52. The molecule has 2 bridgehead atoms. The molecular weight excluding hydrogens is 452 g/mol. The van der Waals surface area contributed by atoms with Crippen LogP contribution in [0.2, 0.25) is 0 Å². The fraction of sp³-hybridized carbons (Fsp3) is 0.389. The Labute approximate surface area is 161 Å². The highest BCUT2D eigenvalue weighted by Gasteiger charge is 2.73. The van der Waals surface area contributed by atoms with Gasteiger partial charge in [0.25, 0.3) is 11.8 Å². The number of hydrogen-bond acceptors (Lipinski definition) is 4. The maximum Gasteiger partial charge on any atom is 0.254 e. The van der Waals surface area contributed by atoms with Gasteiger partial charge in [0.1, 0.15) is 5.75 Å². The van der Waals surface area contributed by atoms with Crippen LogP contribution < -0.4 is 0 Å². The summed E-state index contributed by atoms with van der Waals surface area (Å²) in [4.78, 5) is 25.6. The molecule has 5 rings (SSSR count). The summed E-state index contributed by atoms with van der Waals surface area (Å²) in [6.07, 6.45) is 8.02. The molecule has 1 aromatic rings. The Bertz CT molecular complexity index is 833. The van der Waals surface area contributed by atoms with Crippen molar-refractivity contribution in [1.82, 2.24) is 5.01 Å². The van der Waals surface area contributed by atoms with Gasteiger partial charge in [0.15, 0.2) is 0 Å². The average Bonchev–Trinajstić information content (AvgIpc) is 3.18. The predicted molar refractivity (Wildman–Crippen MR) is 97.7 cm³/mol. The number of carbonyl (C=O) groups excluding carboxylic acids is 2. The van der Waals surface area contributed by atoms with Gasteiger partial charge >= 0.3 is 0 Å². The van der Waals surface area contributed by atoms with E-state index in [0.29, 0.717) is 14.5 Å². The van der Waals surface area contributed by atoms with Gasteiger partial charge in [-0.15, -0.1) is 0 Å². The Morgan fingerprint density at radius 1 is 1.08 bits per heavy atom. The van der Waals surface area contributed by atoms with E-state index in [9.17, 15) is 14.7 Å². The second-order valence-corrected chi connectivity index (χ2v) is 9.00. The number of benzene rings is 1. The molecule has 0 unspecified atom stereocenters. The van der Waals surface area contributed by atoms with Crippen LogP contribution in [0.5, 0.6) is 5.75 Å². The maximum atomic E-state index is 12.8. The van der Waals surface area contributed by atoms with Crippen molar-refractivity contribution >= 4 is 49.9 Å². The molecule has 2 saturated carbocycles. The topological polar surface area (TPSA) is 70.0 Å². The van der Waals surface area contributed by atoms with Crippen LogP contribution in [-0.4, -0.2) is 28.1 Å². The van der Waals surface area contributed by atoms with Crippen molar-refractivity contribution in [3.8, 4) is 5.75 Å². The van der Waals surface area contributed by atoms with Crippen molar-refractivity contribution in [3.05, 3.63) is 38.8 Å². The molecule has 3 fully saturated rings. The molecule has 1 spiro atoms. The van der Waals surface area contributed by atoms with Gasteiger partial charge in [0.2, 0.25) is 0 Å². The molecule has 1 heterocycles. The van der Waals surface area contributed by atoms with Crippen LogP contribution in [-0.2, 0) is 9.59 Å². The Hall–Kier alpha value is -1.47. The van der Waals surface area contributed by atoms with Gasteiger partial charge in [-0.1, -0.05) is 12.2 Å². The van der Waals surface area contributed by atoms with Gasteiger partial charge in [-0.3, -0.25) is 9.59 Å². The van der Waals surface area contributed by atoms with Crippen LogP contribution in [0.1, 0.15) is 18.4 Å². The molecule has 1 aliphatic heterocycles. The van der Waals surface area contributed by atoms with Crippen LogP contribution in [0.3, 0.4) is 0 Å². The largest absolute Gasteiger partial charge is 0.506 e. The second-order valence-electron chi connectivity index (χ2n) is 7.29. The zero-order valence-corrected chi connectivity index (χ0v) is 16.2. The predicted octanol–water partition coefficient (Wildman–Crippen LogP) is 3.45. The summed E-state index contributed by atoms with van der Waals surface area (Å²) in [6.45, 7) is 0. The Morgan fingerprint density at radius 3 is 2.08 bits per heavy atom. The van der Waals surface area contributed by atoms with Gasteiger partial charge < -0.3 is 5.11 Å². The molecule has 5 nitrogen and oxygen atoms in total. The summed E-state index contributed by atoms with van der Waals surface area (Å²) in [5.74, 6) is -0.317. The number of hydrogen-bond donors (Lipinski definition) is 1. The lowest BCUT2D eigenvalue weighted by Crippen LogP contribution is -2.30. The third kappa shape index (κ3) is 1.96. The summed E-state index contributed by atoms with van der Waals surface area (Å²) < 4.78 is 1.02. The highest BCUT2D eigenvalue weighted by Crippen LogP contribution is 2.73. The van der Waals surface area contributed by atoms with E-state index in [0.717, 1.165) is 17.9 Å². The van der Waals surface area contributed by atoms with Crippen LogP contribution in [0.4, 0.5) is 0 Å². The van der Waals surface area contributed by atoms with Crippen LogP contribution in [0, 0.1) is 29.1 Å². The number of rotatable bonds is 2. The summed E-state index contributed by atoms with van der Waals surface area (Å²) in [5, 5.41) is 15.0. The first-order valence-electron chi connectivity index (χ1n) is 8.22. The SMILES string of the molecule is O=C1[C@@H]2[C@H](C(=O)N1/N=C\c1cc(Br)c(O)c(Br)c1)[C@H]1C=C[C@H]2C12CC2. The van der Waals surface area contributed by atoms with Gasteiger partial charge in [0, 0.05) is 0 Å². The van der Waals surface area contributed by atoms with E-state index in [1.165, 1.54) is 6.21 Å². The molecule has 1 aromatic carbocycles. The number of phenols is 1. The van der Waals surface area contributed by atoms with E-state index in [2.05, 4.69) is 49.1 Å². The lowest BCUT2D eigenvalue weighted by atomic mass is 9.85. The quantitative estimate of drug-likeness (QED) is 0.413. The minimum Gasteiger partial charge on any atom is -0.506 e. The highest BCUT2D eigenvalue weighted by atomic mass is 79.9. The average molecular weight is 466 g/mol. The number of nitrogens with zero attached hydrogens (tertiary/aromatic N) is 2. The number of amides is 2. The minimum absolute atomic E-state index is 0.0948. The highest BCUT2D eigenvalue weighted by molar-refractivity contribution is 9.11. The number of hydrazone groups is 1. The first-order valence-corrected chi connectivity index (χ1v) is 9.81. The van der Waals surface area contributed by atoms with Crippen LogP contribution >= 0.6 is 31.9 Å². The van der Waals surface area contributed by atoms with Crippen molar-refractivity contribution in [2.24, 2.45) is 34.2 Å². The minimum atomic E-state index is -0.236. The van der Waals surface area contributed by atoms with Crippen molar-refractivity contribution < 1.29 is 14.7 Å². The monoisotopic (exact) mass is 464 g/mol. The van der Waals surface area contributed by atoms with E-state index in [4.69, 9.17) is 0 Å². The molecule has 25 heavy (non-hydrogen) atoms. The molecule has 1 saturated heterocycles. The summed E-state index contributed by atoms with van der Waals surface area (Å²) in [7, 11) is 0. The Kier molecular flexibility index (Phi) is 3.18. The summed E-state index contributed by atoms with van der Waals surface area (Å²) in [5.41, 5.74) is 0.873. The molecule has 3 aliphatic carbocycles. The zero-order chi connectivity index (χ0) is 17.5. The first-order chi connectivity index (χ1) is 11.9. The number of carbonyl (C=O) groups is 2. The summed E-state index contributed by atoms with van der Waals surface area (Å²) in [6, 6.07) is 3.36. The number of phenolic OH excluding ortho intramolecular Hbond substituents is 1. The molecule has 4 atom stereocenters. The fourth-order valence-electron chi connectivity index (χ4n) is 4.96. The second kappa shape index (κ2) is 5.04. The van der Waals surface area contributed by atoms with E-state index in [1.807, 2.05) is 0 Å². The number of imide groups is 1. The molecule has 0 radical (unpaired) electrons. The lowest BCUT2D eigenvalue weighted by molar-refractivity contribution is -0.141. The van der Waals surface area contributed by atoms with E-state index < -0.39 is 0 Å². The van der Waals surface area contributed by atoms with Crippen LogP contribution in [0.25, 0.3) is 0 Å². The molecular formula is C18H14Br2N2O3. The maximum absolute atomic E-state index is 12.8. The Balaban J connectivity index is 1.44. The van der Waals surface area contributed by atoms with Crippen molar-refractivity contribution in [1.29, 1.82) is 0 Å². The standard InChI is InChI=1S/C18H14Br2N2O3/c19-11-5-8(6-12(20)15(11)23)7-21-22-16(24)13-9-1-2-10(14(13)17(22)25)18(9)3-4-18/h1-2,5-7,9-10,13-14,23H,3-4H2/b21-7-/t9-,10-,13-,14+/m1/s1. The van der Waals surface area contributed by atoms with Crippen molar-refractivity contribution in [2.45, 2.75) is 12.8 Å². The number of fused-ring (bicyclic) bond motifs is 3. The molecule has 1 N–H and O–H groups in total. The zero-order valence-electron chi connectivity index (χ0n) is 13.0. The van der Waals surface area contributed by atoms with E-state index in [-0.39, 0.29) is 46.7 Å². The molecule has 2 amide bonds. The van der Waals surface area contributed by atoms with Gasteiger partial charge in [-0.05, 0) is 79.6 Å². The van der Waals surface area contributed by atoms with E-state index >= 15 is 0 Å². The third-order valence-electron chi connectivity index (χ3n) is 6.19. The van der Waals surface area contributed by atoms with Crippen molar-refractivity contribution in [3.63, 3.8) is 0 Å². The fourth-order valence-corrected chi connectivity index (χ4v) is 6.18. The van der Waals surface area contributed by atoms with Crippen molar-refractivity contribution in [2.75, 3.05) is 0 Å². The number of aromatic hydroxyl groups is 1. The Morgan fingerprint density at radius 2 is 1.60 bits per heavy atom. The van der Waals surface area contributed by atoms with Crippen LogP contribution in [0.15, 0.2) is 38.3 Å². The number of allylic oxidation sites excluding steroid dienone is 2. The van der Waals surface area contributed by atoms with Gasteiger partial charge in [-0.25, -0.2) is 0 Å². The normalized spacial score (nSPS) is 33.9. The molecule has 128 valence electrons. The van der Waals surface area contributed by atoms with Gasteiger partial charge in [-0.2, -0.15) is 10.1 Å². The smallest absolute Gasteiger partial charge is 0.254 e. The third-order valence-corrected chi connectivity index (χ3v) is 7.40. The lowest BCUT2D eigenvalue weighted by Gasteiger charge is -2.18. The molecule has 7 heteroatoms.